The molecule has 0 amide bonds. The first-order chi connectivity index (χ1) is 4.57. The van der Waals surface area contributed by atoms with Crippen LogP contribution in [0.1, 0.15) is 0 Å². The fourth-order valence-corrected chi connectivity index (χ4v) is 0.263. The third-order valence-electron chi connectivity index (χ3n) is 0.753. The van der Waals surface area contributed by atoms with Crippen LogP contribution in [0.5, 0.6) is 0 Å². The molecular formula is C5H8N2O3. The highest BCUT2D eigenvalue weighted by Crippen LogP contribution is 1.85. The van der Waals surface area contributed by atoms with Crippen LogP contribution in [0.2, 0.25) is 0 Å². The van der Waals surface area contributed by atoms with Gasteiger partial charge in [-0.15, -0.1) is 0 Å². The Morgan fingerprint density at radius 2 is 2.30 bits per heavy atom. The van der Waals surface area contributed by atoms with Crippen molar-refractivity contribution in [3.8, 4) is 0 Å². The van der Waals surface area contributed by atoms with Crippen molar-refractivity contribution in [3.63, 3.8) is 0 Å². The molecule has 56 valence electrons. The molecule has 0 aliphatic heterocycles. The number of aliphatic carboxylic acids is 1. The molecule has 10 heavy (non-hydrogen) atoms. The second kappa shape index (κ2) is 3.49. The predicted molar refractivity (Wildman–Crippen MR) is 34.6 cm³/mol. The Hall–Kier alpha value is -1.52. The molecule has 0 fully saturated rings. The first-order valence-electron chi connectivity index (χ1n) is 2.41. The Bertz CT molecular complexity index is 185. The maximum absolute atomic E-state index is 9.97. The van der Waals surface area contributed by atoms with Gasteiger partial charge < -0.3 is 15.6 Å². The number of carboxylic acids is 1. The van der Waals surface area contributed by atoms with Crippen LogP contribution in [0.15, 0.2) is 12.0 Å². The summed E-state index contributed by atoms with van der Waals surface area (Å²) in [6.45, 7) is 0. The highest BCUT2D eigenvalue weighted by atomic mass is 16.5. The fourth-order valence-electron chi connectivity index (χ4n) is 0.263. The van der Waals surface area contributed by atoms with Crippen molar-refractivity contribution >= 4 is 11.7 Å². The molecule has 0 bridgehead atoms. The van der Waals surface area contributed by atoms with Gasteiger partial charge in [0.05, 0.1) is 7.11 Å². The van der Waals surface area contributed by atoms with Crippen molar-refractivity contribution < 1.29 is 14.6 Å². The van der Waals surface area contributed by atoms with E-state index in [1.165, 1.54) is 7.11 Å². The smallest absolute Gasteiger partial charge is 0.353 e. The van der Waals surface area contributed by atoms with Gasteiger partial charge in [0.1, 0.15) is 5.71 Å². The summed E-state index contributed by atoms with van der Waals surface area (Å²) >= 11 is 0. The van der Waals surface area contributed by atoms with E-state index in [4.69, 9.17) is 16.2 Å². The molecule has 4 N–H and O–H groups in total. The normalized spacial score (nSPS) is 10.7. The minimum atomic E-state index is -1.33. The van der Waals surface area contributed by atoms with E-state index in [0.717, 1.165) is 6.08 Å². The second-order valence-electron chi connectivity index (χ2n) is 1.47. The summed E-state index contributed by atoms with van der Waals surface area (Å²) in [6, 6.07) is 0. The Labute approximate surface area is 57.6 Å². The van der Waals surface area contributed by atoms with Crippen molar-refractivity contribution in [1.29, 1.82) is 5.41 Å². The molecular weight excluding hydrogens is 136 g/mol. The van der Waals surface area contributed by atoms with Gasteiger partial charge in [0, 0.05) is 6.08 Å². The average molecular weight is 144 g/mol. The minimum absolute atomic E-state index is 0.0904. The lowest BCUT2D eigenvalue weighted by Gasteiger charge is -1.95. The van der Waals surface area contributed by atoms with Gasteiger partial charge in [-0.2, -0.15) is 0 Å². The van der Waals surface area contributed by atoms with Crippen LogP contribution in [-0.2, 0) is 9.53 Å². The first kappa shape index (κ1) is 8.48. The summed E-state index contributed by atoms with van der Waals surface area (Å²) in [7, 11) is 1.29. The number of nitrogens with two attached hydrogens (primary N) is 1. The van der Waals surface area contributed by atoms with E-state index >= 15 is 0 Å². The SMILES string of the molecule is CO/C(N)=C/C(=N)C(=O)O. The first-order valence-corrected chi connectivity index (χ1v) is 2.41. The van der Waals surface area contributed by atoms with E-state index in [1.54, 1.807) is 0 Å². The Balaban J connectivity index is 4.13. The Kier molecular flexibility index (Phi) is 2.96. The van der Waals surface area contributed by atoms with Gasteiger partial charge >= 0.3 is 5.97 Å². The number of ether oxygens (including phenoxy) is 1. The van der Waals surface area contributed by atoms with Crippen LogP contribution >= 0.6 is 0 Å². The maximum atomic E-state index is 9.97. The van der Waals surface area contributed by atoms with Gasteiger partial charge in [-0.1, -0.05) is 0 Å². The molecule has 5 heteroatoms. The molecule has 0 aromatic rings. The molecule has 0 saturated carbocycles. The van der Waals surface area contributed by atoms with E-state index in [2.05, 4.69) is 4.74 Å². The number of rotatable bonds is 3. The highest BCUT2D eigenvalue weighted by molar-refractivity contribution is 6.39. The zero-order valence-electron chi connectivity index (χ0n) is 5.42. The Morgan fingerprint density at radius 3 is 2.60 bits per heavy atom. The topological polar surface area (TPSA) is 96.4 Å². The summed E-state index contributed by atoms with van der Waals surface area (Å²) in [5, 5.41) is 14.9. The standard InChI is InChI=1S/C5H8N2O3/c1-10-4(7)2-3(6)5(8)9/h2,6H,7H2,1H3,(H,8,9)/b4-2+,6-3?. The molecule has 0 heterocycles. The van der Waals surface area contributed by atoms with Gasteiger partial charge in [0.2, 0.25) is 0 Å². The largest absolute Gasteiger partial charge is 0.483 e. The number of hydrogen-bond acceptors (Lipinski definition) is 4. The predicted octanol–water partition coefficient (Wildman–Crippen LogP) is -0.463. The lowest BCUT2D eigenvalue weighted by atomic mass is 10.4. The van der Waals surface area contributed by atoms with Crippen molar-refractivity contribution in [2.24, 2.45) is 5.73 Å². The molecule has 0 aromatic carbocycles. The van der Waals surface area contributed by atoms with Gasteiger partial charge in [-0.3, -0.25) is 5.41 Å². The molecule has 0 aliphatic rings. The molecule has 0 radical (unpaired) electrons. The van der Waals surface area contributed by atoms with Gasteiger partial charge in [-0.05, 0) is 0 Å². The summed E-state index contributed by atoms with van der Waals surface area (Å²) in [4.78, 5) is 9.97. The molecule has 5 nitrogen and oxygen atoms in total. The lowest BCUT2D eigenvalue weighted by molar-refractivity contribution is -0.129. The lowest BCUT2D eigenvalue weighted by Crippen LogP contribution is -2.11. The van der Waals surface area contributed by atoms with Gasteiger partial charge in [-0.25, -0.2) is 4.79 Å². The van der Waals surface area contributed by atoms with Crippen LogP contribution in [0, 0.1) is 5.41 Å². The maximum Gasteiger partial charge on any atom is 0.353 e. The summed E-state index contributed by atoms with van der Waals surface area (Å²) < 4.78 is 4.41. The van der Waals surface area contributed by atoms with Crippen LogP contribution in [0.4, 0.5) is 0 Å². The van der Waals surface area contributed by atoms with Crippen LogP contribution in [0.3, 0.4) is 0 Å². The summed E-state index contributed by atoms with van der Waals surface area (Å²) in [6.07, 6.45) is 0.919. The molecule has 0 atom stereocenters. The third-order valence-corrected chi connectivity index (χ3v) is 0.753. The second-order valence-corrected chi connectivity index (χ2v) is 1.47. The van der Waals surface area contributed by atoms with Crippen molar-refractivity contribution in [2.75, 3.05) is 7.11 Å². The van der Waals surface area contributed by atoms with Gasteiger partial charge in [0.15, 0.2) is 5.88 Å². The molecule has 0 saturated heterocycles. The van der Waals surface area contributed by atoms with E-state index in [0.29, 0.717) is 0 Å². The quantitative estimate of drug-likeness (QED) is 0.368. The minimum Gasteiger partial charge on any atom is -0.483 e. The highest BCUT2D eigenvalue weighted by Gasteiger charge is 2.02. The van der Waals surface area contributed by atoms with Crippen LogP contribution in [-0.4, -0.2) is 23.9 Å². The van der Waals surface area contributed by atoms with E-state index in [9.17, 15) is 4.79 Å². The summed E-state index contributed by atoms with van der Waals surface area (Å²) in [5.41, 5.74) is 4.45. The molecule has 0 aliphatic carbocycles. The number of nitrogens with one attached hydrogen (secondary N) is 1. The number of carboxylic acid groups (broad SMARTS) is 1. The number of carbonyl (C=O) groups is 1. The number of hydrogen-bond donors (Lipinski definition) is 3. The number of methoxy groups -OCH3 is 1. The van der Waals surface area contributed by atoms with Crippen molar-refractivity contribution in [1.82, 2.24) is 0 Å². The average Bonchev–Trinajstić information content (AvgIpc) is 1.87. The van der Waals surface area contributed by atoms with Crippen molar-refractivity contribution in [2.45, 2.75) is 0 Å². The molecule has 0 spiro atoms. The third kappa shape index (κ3) is 2.71. The van der Waals surface area contributed by atoms with E-state index in [-0.39, 0.29) is 5.88 Å². The summed E-state index contributed by atoms with van der Waals surface area (Å²) in [5.74, 6) is -1.42. The molecule has 0 rings (SSSR count). The fraction of sp³-hybridized carbons (Fsp3) is 0.200. The Morgan fingerprint density at radius 1 is 1.80 bits per heavy atom. The van der Waals surface area contributed by atoms with Gasteiger partial charge in [0.25, 0.3) is 0 Å². The monoisotopic (exact) mass is 144 g/mol. The van der Waals surface area contributed by atoms with Crippen LogP contribution in [0.25, 0.3) is 0 Å². The molecule has 0 aromatic heterocycles. The molecule has 0 unspecified atom stereocenters. The zero-order chi connectivity index (χ0) is 8.15. The zero-order valence-corrected chi connectivity index (χ0v) is 5.42. The van der Waals surface area contributed by atoms with E-state index in [1.807, 2.05) is 0 Å². The van der Waals surface area contributed by atoms with Crippen LogP contribution < -0.4 is 5.73 Å². The van der Waals surface area contributed by atoms with E-state index < -0.39 is 11.7 Å². The van der Waals surface area contributed by atoms with Crippen molar-refractivity contribution in [3.05, 3.63) is 12.0 Å².